The molecule has 1 aliphatic heterocycles. The van der Waals surface area contributed by atoms with Crippen LogP contribution in [0, 0.1) is 5.92 Å². The summed E-state index contributed by atoms with van der Waals surface area (Å²) in [6.45, 7) is 4.12. The van der Waals surface area contributed by atoms with Gasteiger partial charge in [0.25, 0.3) is 5.91 Å². The number of amides is 1. The number of carbonyl (C=O) groups is 1. The van der Waals surface area contributed by atoms with E-state index in [-0.39, 0.29) is 5.91 Å². The highest BCUT2D eigenvalue weighted by atomic mass is 16.5. The fourth-order valence-electron chi connectivity index (χ4n) is 2.52. The number of likely N-dealkylation sites (tertiary alicyclic amines) is 1. The van der Waals surface area contributed by atoms with E-state index < -0.39 is 0 Å². The standard InChI is InChI=1S/C17H19NO3/c1-13-9-10-18(11-13)17(19)16-8-7-15(21-16)12-20-14-5-3-2-4-6-14/h2-8,13H,9-12H2,1H3. The molecule has 1 fully saturated rings. The van der Waals surface area contributed by atoms with Crippen LogP contribution >= 0.6 is 0 Å². The fourth-order valence-corrected chi connectivity index (χ4v) is 2.52. The first-order valence-corrected chi connectivity index (χ1v) is 7.28. The number of nitrogens with zero attached hydrogens (tertiary/aromatic N) is 1. The highest BCUT2D eigenvalue weighted by molar-refractivity contribution is 5.91. The molecule has 1 saturated heterocycles. The lowest BCUT2D eigenvalue weighted by Gasteiger charge is -2.13. The zero-order valence-corrected chi connectivity index (χ0v) is 12.1. The molecule has 0 spiro atoms. The van der Waals surface area contributed by atoms with Crippen LogP contribution in [-0.4, -0.2) is 23.9 Å². The van der Waals surface area contributed by atoms with Gasteiger partial charge < -0.3 is 14.1 Å². The topological polar surface area (TPSA) is 42.7 Å². The van der Waals surface area contributed by atoms with Gasteiger partial charge in [0, 0.05) is 13.1 Å². The Morgan fingerprint density at radius 1 is 1.29 bits per heavy atom. The lowest BCUT2D eigenvalue weighted by atomic mass is 10.2. The zero-order valence-electron chi connectivity index (χ0n) is 12.1. The second-order valence-electron chi connectivity index (χ2n) is 5.51. The van der Waals surface area contributed by atoms with Gasteiger partial charge in [0.1, 0.15) is 18.1 Å². The first-order chi connectivity index (χ1) is 10.2. The minimum Gasteiger partial charge on any atom is -0.486 e. The summed E-state index contributed by atoms with van der Waals surface area (Å²) in [6.07, 6.45) is 1.07. The van der Waals surface area contributed by atoms with Crippen LogP contribution in [0.5, 0.6) is 5.75 Å². The molecule has 1 aromatic heterocycles. The van der Waals surface area contributed by atoms with Crippen LogP contribution in [0.1, 0.15) is 29.7 Å². The Bertz CT molecular complexity index is 606. The van der Waals surface area contributed by atoms with Gasteiger partial charge in [0.05, 0.1) is 0 Å². The molecule has 0 saturated carbocycles. The maximum absolute atomic E-state index is 12.3. The second kappa shape index (κ2) is 6.04. The van der Waals surface area contributed by atoms with Crippen molar-refractivity contribution in [3.8, 4) is 5.75 Å². The number of rotatable bonds is 4. The number of hydrogen-bond acceptors (Lipinski definition) is 3. The van der Waals surface area contributed by atoms with E-state index in [4.69, 9.17) is 9.15 Å². The van der Waals surface area contributed by atoms with Crippen molar-refractivity contribution in [2.24, 2.45) is 5.92 Å². The summed E-state index contributed by atoms with van der Waals surface area (Å²) in [4.78, 5) is 14.1. The Morgan fingerprint density at radius 2 is 2.10 bits per heavy atom. The molecule has 21 heavy (non-hydrogen) atoms. The fraction of sp³-hybridized carbons (Fsp3) is 0.353. The molecule has 0 radical (unpaired) electrons. The zero-order chi connectivity index (χ0) is 14.7. The minimum atomic E-state index is -0.0229. The molecule has 2 heterocycles. The molecule has 1 aliphatic rings. The third-order valence-corrected chi connectivity index (χ3v) is 3.71. The number of ether oxygens (including phenoxy) is 1. The van der Waals surface area contributed by atoms with E-state index >= 15 is 0 Å². The van der Waals surface area contributed by atoms with E-state index in [0.717, 1.165) is 25.3 Å². The summed E-state index contributed by atoms with van der Waals surface area (Å²) in [5, 5.41) is 0. The molecule has 3 rings (SSSR count). The highest BCUT2D eigenvalue weighted by Gasteiger charge is 2.26. The average Bonchev–Trinajstić information content (AvgIpc) is 3.14. The summed E-state index contributed by atoms with van der Waals surface area (Å²) in [5.41, 5.74) is 0. The molecule has 0 N–H and O–H groups in total. The van der Waals surface area contributed by atoms with Gasteiger partial charge in [-0.05, 0) is 36.6 Å². The quantitative estimate of drug-likeness (QED) is 0.865. The first kappa shape index (κ1) is 13.7. The summed E-state index contributed by atoms with van der Waals surface area (Å²) < 4.78 is 11.2. The number of furan rings is 1. The van der Waals surface area contributed by atoms with Gasteiger partial charge in [0.2, 0.25) is 0 Å². The van der Waals surface area contributed by atoms with Crippen LogP contribution in [0.2, 0.25) is 0 Å². The number of para-hydroxylation sites is 1. The number of hydrogen-bond donors (Lipinski definition) is 0. The Morgan fingerprint density at radius 3 is 2.81 bits per heavy atom. The normalized spacial score (nSPS) is 18.0. The summed E-state index contributed by atoms with van der Waals surface area (Å²) in [5.74, 6) is 2.40. The first-order valence-electron chi connectivity index (χ1n) is 7.28. The van der Waals surface area contributed by atoms with Crippen molar-refractivity contribution in [2.45, 2.75) is 20.0 Å². The van der Waals surface area contributed by atoms with Gasteiger partial charge >= 0.3 is 0 Å². The Kier molecular flexibility index (Phi) is 3.95. The van der Waals surface area contributed by atoms with Crippen molar-refractivity contribution in [3.63, 3.8) is 0 Å². The van der Waals surface area contributed by atoms with E-state index in [1.165, 1.54) is 0 Å². The molecular formula is C17H19NO3. The molecule has 4 heteroatoms. The monoisotopic (exact) mass is 285 g/mol. The summed E-state index contributed by atoms with van der Waals surface area (Å²) in [7, 11) is 0. The van der Waals surface area contributed by atoms with Crippen molar-refractivity contribution in [1.82, 2.24) is 4.90 Å². The molecule has 1 aromatic carbocycles. The van der Waals surface area contributed by atoms with Gasteiger partial charge in [-0.15, -0.1) is 0 Å². The molecular weight excluding hydrogens is 266 g/mol. The maximum Gasteiger partial charge on any atom is 0.289 e. The second-order valence-corrected chi connectivity index (χ2v) is 5.51. The molecule has 2 aromatic rings. The summed E-state index contributed by atoms with van der Waals surface area (Å²) in [6, 6.07) is 13.1. The lowest BCUT2D eigenvalue weighted by Crippen LogP contribution is -2.28. The van der Waals surface area contributed by atoms with E-state index in [1.807, 2.05) is 35.2 Å². The van der Waals surface area contributed by atoms with Gasteiger partial charge in [-0.3, -0.25) is 4.79 Å². The molecule has 1 unspecified atom stereocenters. The Balaban J connectivity index is 1.60. The van der Waals surface area contributed by atoms with Crippen LogP contribution in [0.25, 0.3) is 0 Å². The van der Waals surface area contributed by atoms with Crippen molar-refractivity contribution in [2.75, 3.05) is 13.1 Å². The van der Waals surface area contributed by atoms with Crippen LogP contribution in [-0.2, 0) is 6.61 Å². The predicted molar refractivity (Wildman–Crippen MR) is 79.2 cm³/mol. The SMILES string of the molecule is CC1CCN(C(=O)c2ccc(COc3ccccc3)o2)C1. The van der Waals surface area contributed by atoms with Gasteiger partial charge in [-0.25, -0.2) is 0 Å². The maximum atomic E-state index is 12.3. The lowest BCUT2D eigenvalue weighted by molar-refractivity contribution is 0.0752. The highest BCUT2D eigenvalue weighted by Crippen LogP contribution is 2.20. The molecule has 1 atom stereocenters. The molecule has 0 aliphatic carbocycles. The molecule has 4 nitrogen and oxygen atoms in total. The number of benzene rings is 1. The van der Waals surface area contributed by atoms with Crippen molar-refractivity contribution >= 4 is 5.91 Å². The van der Waals surface area contributed by atoms with Gasteiger partial charge in [-0.2, -0.15) is 0 Å². The minimum absolute atomic E-state index is 0.0229. The van der Waals surface area contributed by atoms with E-state index in [2.05, 4.69) is 6.92 Å². The van der Waals surface area contributed by atoms with E-state index in [1.54, 1.807) is 12.1 Å². The van der Waals surface area contributed by atoms with Crippen LogP contribution in [0.3, 0.4) is 0 Å². The molecule has 0 bridgehead atoms. The smallest absolute Gasteiger partial charge is 0.289 e. The third-order valence-electron chi connectivity index (χ3n) is 3.71. The average molecular weight is 285 g/mol. The predicted octanol–water partition coefficient (Wildman–Crippen LogP) is 3.34. The Hall–Kier alpha value is -2.23. The van der Waals surface area contributed by atoms with Crippen LogP contribution < -0.4 is 4.74 Å². The van der Waals surface area contributed by atoms with E-state index in [0.29, 0.717) is 24.0 Å². The van der Waals surface area contributed by atoms with Crippen molar-refractivity contribution in [3.05, 3.63) is 54.0 Å². The molecule has 110 valence electrons. The van der Waals surface area contributed by atoms with Gasteiger partial charge in [-0.1, -0.05) is 25.1 Å². The van der Waals surface area contributed by atoms with Crippen LogP contribution in [0.15, 0.2) is 46.9 Å². The van der Waals surface area contributed by atoms with Gasteiger partial charge in [0.15, 0.2) is 5.76 Å². The van der Waals surface area contributed by atoms with E-state index in [9.17, 15) is 4.79 Å². The Labute approximate surface area is 124 Å². The summed E-state index contributed by atoms with van der Waals surface area (Å²) >= 11 is 0. The van der Waals surface area contributed by atoms with Crippen LogP contribution in [0.4, 0.5) is 0 Å². The largest absolute Gasteiger partial charge is 0.486 e. The van der Waals surface area contributed by atoms with Crippen molar-refractivity contribution in [1.29, 1.82) is 0 Å². The third kappa shape index (κ3) is 3.27. The number of carbonyl (C=O) groups excluding carboxylic acids is 1. The molecule has 1 amide bonds. The van der Waals surface area contributed by atoms with Crippen molar-refractivity contribution < 1.29 is 13.9 Å².